The SMILES string of the molecule is CCOCC[P+]([O-])=CC(C)C(=O)OCC. The Morgan fingerprint density at radius 3 is 2.67 bits per heavy atom. The van der Waals surface area contributed by atoms with Gasteiger partial charge >= 0.3 is 5.97 Å². The number of rotatable bonds is 7. The average Bonchev–Trinajstić information content (AvgIpc) is 2.18. The van der Waals surface area contributed by atoms with Crippen molar-refractivity contribution >= 4 is 19.5 Å². The van der Waals surface area contributed by atoms with Gasteiger partial charge in [-0.3, -0.25) is 4.79 Å². The van der Waals surface area contributed by atoms with Crippen molar-refractivity contribution in [3.05, 3.63) is 0 Å². The lowest BCUT2D eigenvalue weighted by Crippen LogP contribution is -2.17. The molecule has 0 rings (SSSR count). The highest BCUT2D eigenvalue weighted by Crippen LogP contribution is 2.12. The minimum absolute atomic E-state index is 0.322. The summed E-state index contributed by atoms with van der Waals surface area (Å²) >= 11 is 0. The van der Waals surface area contributed by atoms with E-state index in [2.05, 4.69) is 0 Å². The molecule has 0 aliphatic rings. The van der Waals surface area contributed by atoms with Crippen LogP contribution < -0.4 is 4.89 Å². The molecule has 5 heteroatoms. The number of ether oxygens (including phenoxy) is 2. The van der Waals surface area contributed by atoms with Gasteiger partial charge in [0.2, 0.25) is 0 Å². The van der Waals surface area contributed by atoms with Gasteiger partial charge in [-0.2, -0.15) is 0 Å². The molecule has 0 spiro atoms. The number of esters is 1. The molecule has 0 N–H and O–H groups in total. The van der Waals surface area contributed by atoms with E-state index in [-0.39, 0.29) is 5.97 Å². The number of hydrogen-bond acceptors (Lipinski definition) is 4. The molecule has 0 aromatic carbocycles. The van der Waals surface area contributed by atoms with Crippen molar-refractivity contribution in [3.8, 4) is 0 Å². The van der Waals surface area contributed by atoms with Crippen LogP contribution >= 0.6 is 7.77 Å². The van der Waals surface area contributed by atoms with Gasteiger partial charge in [-0.05, 0) is 20.8 Å². The summed E-state index contributed by atoms with van der Waals surface area (Å²) in [6.07, 6.45) is 0.465. The summed E-state index contributed by atoms with van der Waals surface area (Å²) in [5.74, 6) is 0.805. The van der Waals surface area contributed by atoms with Crippen molar-refractivity contribution in [1.82, 2.24) is 0 Å². The smallest absolute Gasteiger partial charge is 0.316 e. The quantitative estimate of drug-likeness (QED) is 0.371. The third kappa shape index (κ3) is 7.48. The predicted molar refractivity (Wildman–Crippen MR) is 60.1 cm³/mol. The van der Waals surface area contributed by atoms with E-state index in [0.717, 1.165) is 0 Å². The summed E-state index contributed by atoms with van der Waals surface area (Å²) < 4.78 is 9.87. The first-order chi connectivity index (χ1) is 7.11. The van der Waals surface area contributed by atoms with Crippen LogP contribution in [0.4, 0.5) is 0 Å². The van der Waals surface area contributed by atoms with Crippen molar-refractivity contribution in [2.24, 2.45) is 5.92 Å². The van der Waals surface area contributed by atoms with Crippen LogP contribution in [0, 0.1) is 5.92 Å². The fraction of sp³-hybridized carbons (Fsp3) is 0.800. The molecule has 88 valence electrons. The Bertz CT molecular complexity index is 215. The molecule has 0 fully saturated rings. The monoisotopic (exact) mass is 234 g/mol. The van der Waals surface area contributed by atoms with Gasteiger partial charge in [0.25, 0.3) is 0 Å². The maximum absolute atomic E-state index is 11.4. The summed E-state index contributed by atoms with van der Waals surface area (Å²) in [5.41, 5.74) is 0. The van der Waals surface area contributed by atoms with Gasteiger partial charge in [0, 0.05) is 14.4 Å². The molecule has 0 heterocycles. The second-order valence-corrected chi connectivity index (χ2v) is 4.61. The summed E-state index contributed by atoms with van der Waals surface area (Å²) in [6.45, 7) is 6.77. The Kier molecular flexibility index (Phi) is 8.58. The third-order valence-electron chi connectivity index (χ3n) is 1.71. The Hall–Kier alpha value is -0.440. The lowest BCUT2D eigenvalue weighted by molar-refractivity contribution is -0.154. The van der Waals surface area contributed by atoms with Crippen molar-refractivity contribution in [3.63, 3.8) is 0 Å². The molecule has 0 aromatic rings. The maximum Gasteiger partial charge on any atom is 0.316 e. The zero-order chi connectivity index (χ0) is 11.7. The molecule has 0 saturated carbocycles. The molecule has 0 amide bonds. The van der Waals surface area contributed by atoms with Crippen LogP contribution in [0.25, 0.3) is 0 Å². The third-order valence-corrected chi connectivity index (χ3v) is 3.11. The van der Waals surface area contributed by atoms with Gasteiger partial charge in [0.15, 0.2) is 0 Å². The fourth-order valence-corrected chi connectivity index (χ4v) is 2.04. The number of carbonyl (C=O) groups is 1. The van der Waals surface area contributed by atoms with Crippen molar-refractivity contribution in [1.29, 1.82) is 0 Å². The molecule has 2 unspecified atom stereocenters. The van der Waals surface area contributed by atoms with Gasteiger partial charge < -0.3 is 14.4 Å². The highest BCUT2D eigenvalue weighted by Gasteiger charge is 2.14. The molecule has 4 nitrogen and oxygen atoms in total. The van der Waals surface area contributed by atoms with Gasteiger partial charge in [-0.25, -0.2) is 0 Å². The molecular weight excluding hydrogens is 215 g/mol. The lowest BCUT2D eigenvalue weighted by Gasteiger charge is -2.05. The zero-order valence-corrected chi connectivity index (χ0v) is 10.5. The summed E-state index contributed by atoms with van der Waals surface area (Å²) in [7, 11) is -1.48. The molecule has 0 aromatic heterocycles. The van der Waals surface area contributed by atoms with E-state index in [1.165, 1.54) is 5.80 Å². The molecule has 0 bridgehead atoms. The van der Waals surface area contributed by atoms with Crippen molar-refractivity contribution < 1.29 is 19.2 Å². The van der Waals surface area contributed by atoms with Crippen LogP contribution in [-0.2, 0) is 14.3 Å². The van der Waals surface area contributed by atoms with E-state index < -0.39 is 13.7 Å². The molecular formula is C10H19O4P. The van der Waals surface area contributed by atoms with E-state index in [9.17, 15) is 9.69 Å². The topological polar surface area (TPSA) is 58.6 Å². The normalized spacial score (nSPS) is 13.7. The standard InChI is InChI=1S/C10H19O4P/c1-4-13-6-7-15(12)8-9(3)10(11)14-5-2/h8-9H,4-7H2,1-3H3. The second-order valence-electron chi connectivity index (χ2n) is 3.03. The molecule has 2 atom stereocenters. The molecule has 15 heavy (non-hydrogen) atoms. The van der Waals surface area contributed by atoms with Crippen LogP contribution in [0.15, 0.2) is 0 Å². The summed E-state index contributed by atoms with van der Waals surface area (Å²) in [6, 6.07) is 0. The van der Waals surface area contributed by atoms with E-state index >= 15 is 0 Å². The van der Waals surface area contributed by atoms with Gasteiger partial charge in [0.05, 0.1) is 19.0 Å². The van der Waals surface area contributed by atoms with Gasteiger partial charge in [-0.15, -0.1) is 0 Å². The Balaban J connectivity index is 3.93. The first-order valence-electron chi connectivity index (χ1n) is 5.14. The first-order valence-corrected chi connectivity index (χ1v) is 6.66. The highest BCUT2D eigenvalue weighted by atomic mass is 31.1. The average molecular weight is 234 g/mol. The van der Waals surface area contributed by atoms with E-state index in [1.807, 2.05) is 6.92 Å². The fourth-order valence-electron chi connectivity index (χ4n) is 0.957. The van der Waals surface area contributed by atoms with Crippen LogP contribution in [0.3, 0.4) is 0 Å². The van der Waals surface area contributed by atoms with Crippen LogP contribution in [-0.4, -0.2) is 37.7 Å². The summed E-state index contributed by atoms with van der Waals surface area (Å²) in [5, 5.41) is 0. The second kappa shape index (κ2) is 8.84. The van der Waals surface area contributed by atoms with Crippen LogP contribution in [0.5, 0.6) is 0 Å². The van der Waals surface area contributed by atoms with E-state index in [0.29, 0.717) is 26.0 Å². The maximum atomic E-state index is 11.4. The van der Waals surface area contributed by atoms with Crippen molar-refractivity contribution in [2.45, 2.75) is 20.8 Å². The largest absolute Gasteiger partial charge is 0.631 e. The Morgan fingerprint density at radius 1 is 1.47 bits per heavy atom. The number of carbonyl (C=O) groups excluding carboxylic acids is 1. The van der Waals surface area contributed by atoms with Crippen LogP contribution in [0.2, 0.25) is 0 Å². The van der Waals surface area contributed by atoms with Gasteiger partial charge in [-0.1, -0.05) is 0 Å². The highest BCUT2D eigenvalue weighted by molar-refractivity contribution is 7.50. The Labute approximate surface area is 92.1 Å². The molecule has 0 radical (unpaired) electrons. The summed E-state index contributed by atoms with van der Waals surface area (Å²) in [4.78, 5) is 22.6. The minimum atomic E-state index is -1.48. The zero-order valence-electron chi connectivity index (χ0n) is 9.56. The molecule has 0 aliphatic heterocycles. The predicted octanol–water partition coefficient (Wildman–Crippen LogP) is 0.781. The van der Waals surface area contributed by atoms with Gasteiger partial charge in [0.1, 0.15) is 12.1 Å². The van der Waals surface area contributed by atoms with E-state index in [1.54, 1.807) is 13.8 Å². The van der Waals surface area contributed by atoms with E-state index in [4.69, 9.17) is 9.47 Å². The number of hydrogen-bond donors (Lipinski definition) is 0. The lowest BCUT2D eigenvalue weighted by atomic mass is 10.2. The minimum Gasteiger partial charge on any atom is -0.631 e. The first kappa shape index (κ1) is 14.6. The molecule has 0 aliphatic carbocycles. The Morgan fingerprint density at radius 2 is 2.13 bits per heavy atom. The molecule has 0 saturated heterocycles. The van der Waals surface area contributed by atoms with Crippen molar-refractivity contribution in [2.75, 3.05) is 26.0 Å². The van der Waals surface area contributed by atoms with Crippen LogP contribution in [0.1, 0.15) is 20.8 Å².